The van der Waals surface area contributed by atoms with E-state index in [1.165, 1.54) is 16.7 Å². The van der Waals surface area contributed by atoms with Gasteiger partial charge in [0.2, 0.25) is 0 Å². The number of aromatic nitrogens is 2. The van der Waals surface area contributed by atoms with Gasteiger partial charge in [0.25, 0.3) is 0 Å². The van der Waals surface area contributed by atoms with Crippen LogP contribution in [0.5, 0.6) is 0 Å². The Hall–Kier alpha value is -2.10. The summed E-state index contributed by atoms with van der Waals surface area (Å²) in [6.45, 7) is 8.23. The summed E-state index contributed by atoms with van der Waals surface area (Å²) in [5.41, 5.74) is 6.54. The van der Waals surface area contributed by atoms with Gasteiger partial charge in [0.15, 0.2) is 0 Å². The average molecular weight is 272 g/mol. The van der Waals surface area contributed by atoms with Crippen molar-refractivity contribution >= 4 is 5.97 Å². The Morgan fingerprint density at radius 2 is 1.75 bits per heavy atom. The smallest absolute Gasteiger partial charge is 0.303 e. The Morgan fingerprint density at radius 1 is 1.15 bits per heavy atom. The van der Waals surface area contributed by atoms with E-state index in [1.54, 1.807) is 0 Å². The molecule has 0 spiro atoms. The number of carbonyl (C=O) groups is 1. The fourth-order valence-corrected chi connectivity index (χ4v) is 2.63. The third-order valence-corrected chi connectivity index (χ3v) is 3.38. The number of hydrogen-bond donors (Lipinski definition) is 1. The lowest BCUT2D eigenvalue weighted by Crippen LogP contribution is -2.05. The van der Waals surface area contributed by atoms with Gasteiger partial charge in [-0.25, -0.2) is 4.68 Å². The Morgan fingerprint density at radius 3 is 2.30 bits per heavy atom. The SMILES string of the molecule is Cc1cc(C)c(-n2nc(CCC(=O)O)cc2C)c(C)c1. The van der Waals surface area contributed by atoms with E-state index in [0.29, 0.717) is 6.42 Å². The lowest BCUT2D eigenvalue weighted by Gasteiger charge is -2.13. The minimum atomic E-state index is -0.792. The van der Waals surface area contributed by atoms with Gasteiger partial charge in [0.1, 0.15) is 0 Å². The predicted molar refractivity (Wildman–Crippen MR) is 78.5 cm³/mol. The highest BCUT2D eigenvalue weighted by Gasteiger charge is 2.12. The van der Waals surface area contributed by atoms with E-state index in [0.717, 1.165) is 17.1 Å². The van der Waals surface area contributed by atoms with Crippen LogP contribution >= 0.6 is 0 Å². The zero-order valence-corrected chi connectivity index (χ0v) is 12.4. The zero-order valence-electron chi connectivity index (χ0n) is 12.4. The second-order valence-electron chi connectivity index (χ2n) is 5.33. The van der Waals surface area contributed by atoms with Gasteiger partial charge in [-0.3, -0.25) is 4.79 Å². The maximum absolute atomic E-state index is 10.6. The van der Waals surface area contributed by atoms with Gasteiger partial charge in [-0.1, -0.05) is 17.7 Å². The van der Waals surface area contributed by atoms with Crippen molar-refractivity contribution < 1.29 is 9.90 Å². The highest BCUT2D eigenvalue weighted by Crippen LogP contribution is 2.22. The van der Waals surface area contributed by atoms with Crippen LogP contribution in [0.2, 0.25) is 0 Å². The van der Waals surface area contributed by atoms with Crippen molar-refractivity contribution in [2.45, 2.75) is 40.5 Å². The maximum atomic E-state index is 10.6. The molecule has 0 radical (unpaired) electrons. The fourth-order valence-electron chi connectivity index (χ4n) is 2.63. The van der Waals surface area contributed by atoms with E-state index in [9.17, 15) is 4.79 Å². The van der Waals surface area contributed by atoms with Crippen LogP contribution < -0.4 is 0 Å². The lowest BCUT2D eigenvalue weighted by molar-refractivity contribution is -0.136. The standard InChI is InChI=1S/C16H20N2O2/c1-10-7-11(2)16(12(3)8-10)18-13(4)9-14(17-18)5-6-15(19)20/h7-9H,5-6H2,1-4H3,(H,19,20). The Bertz CT molecular complexity index is 633. The molecule has 2 aromatic rings. The summed E-state index contributed by atoms with van der Waals surface area (Å²) < 4.78 is 1.92. The van der Waals surface area contributed by atoms with Crippen LogP contribution in [0.15, 0.2) is 18.2 Å². The van der Waals surface area contributed by atoms with Crippen LogP contribution in [-0.4, -0.2) is 20.9 Å². The van der Waals surface area contributed by atoms with Gasteiger partial charge in [-0.15, -0.1) is 0 Å². The molecule has 0 aliphatic heterocycles. The molecule has 0 saturated carbocycles. The van der Waals surface area contributed by atoms with Crippen LogP contribution in [0, 0.1) is 27.7 Å². The monoisotopic (exact) mass is 272 g/mol. The van der Waals surface area contributed by atoms with E-state index in [2.05, 4.69) is 38.0 Å². The van der Waals surface area contributed by atoms with Crippen LogP contribution in [-0.2, 0) is 11.2 Å². The van der Waals surface area contributed by atoms with Crippen LogP contribution in [0.25, 0.3) is 5.69 Å². The van der Waals surface area contributed by atoms with Gasteiger partial charge in [-0.05, 0) is 44.9 Å². The third kappa shape index (κ3) is 2.90. The number of carboxylic acid groups (broad SMARTS) is 1. The quantitative estimate of drug-likeness (QED) is 0.930. The summed E-state index contributed by atoms with van der Waals surface area (Å²) in [6, 6.07) is 6.24. The molecule has 0 aliphatic carbocycles. The van der Waals surface area contributed by atoms with Crippen LogP contribution in [0.4, 0.5) is 0 Å². The molecule has 0 saturated heterocycles. The van der Waals surface area contributed by atoms with Crippen molar-refractivity contribution in [3.8, 4) is 5.69 Å². The minimum absolute atomic E-state index is 0.113. The largest absolute Gasteiger partial charge is 0.481 e. The van der Waals surface area contributed by atoms with Gasteiger partial charge in [-0.2, -0.15) is 5.10 Å². The number of carboxylic acids is 1. The van der Waals surface area contributed by atoms with Crippen molar-refractivity contribution in [1.29, 1.82) is 0 Å². The second kappa shape index (κ2) is 5.49. The number of aliphatic carboxylic acids is 1. The Labute approximate surface area is 119 Å². The fraction of sp³-hybridized carbons (Fsp3) is 0.375. The lowest BCUT2D eigenvalue weighted by atomic mass is 10.1. The van der Waals surface area contributed by atoms with Gasteiger partial charge in [0.05, 0.1) is 17.8 Å². The Kier molecular flexibility index (Phi) is 3.93. The molecule has 106 valence electrons. The van der Waals surface area contributed by atoms with E-state index >= 15 is 0 Å². The summed E-state index contributed by atoms with van der Waals surface area (Å²) in [4.78, 5) is 10.6. The molecular weight excluding hydrogens is 252 g/mol. The number of aryl methyl sites for hydroxylation is 5. The highest BCUT2D eigenvalue weighted by molar-refractivity contribution is 5.67. The third-order valence-electron chi connectivity index (χ3n) is 3.38. The molecule has 0 bridgehead atoms. The molecule has 1 heterocycles. The number of rotatable bonds is 4. The average Bonchev–Trinajstić information content (AvgIpc) is 2.67. The molecule has 0 atom stereocenters. The molecule has 4 heteroatoms. The normalized spacial score (nSPS) is 10.8. The van der Waals surface area contributed by atoms with Crippen molar-refractivity contribution in [2.24, 2.45) is 0 Å². The molecule has 0 unspecified atom stereocenters. The molecule has 1 aromatic heterocycles. The summed E-state index contributed by atoms with van der Waals surface area (Å²) in [5.74, 6) is -0.792. The van der Waals surface area contributed by atoms with E-state index in [4.69, 9.17) is 5.11 Å². The summed E-state index contributed by atoms with van der Waals surface area (Å²) in [5, 5.41) is 13.3. The molecule has 4 nitrogen and oxygen atoms in total. The summed E-state index contributed by atoms with van der Waals surface area (Å²) in [6.07, 6.45) is 0.579. The summed E-state index contributed by atoms with van der Waals surface area (Å²) in [7, 11) is 0. The zero-order chi connectivity index (χ0) is 14.9. The first-order chi connectivity index (χ1) is 9.38. The number of hydrogen-bond acceptors (Lipinski definition) is 2. The molecule has 0 amide bonds. The number of nitrogens with zero attached hydrogens (tertiary/aromatic N) is 2. The first-order valence-corrected chi connectivity index (χ1v) is 6.74. The van der Waals surface area contributed by atoms with Crippen LogP contribution in [0.1, 0.15) is 34.5 Å². The Balaban J connectivity index is 2.41. The number of benzene rings is 1. The van der Waals surface area contributed by atoms with E-state index < -0.39 is 5.97 Å². The molecule has 1 aromatic carbocycles. The molecule has 1 N–H and O–H groups in total. The summed E-state index contributed by atoms with van der Waals surface area (Å²) >= 11 is 0. The first kappa shape index (κ1) is 14.3. The van der Waals surface area contributed by atoms with Crippen molar-refractivity contribution in [3.63, 3.8) is 0 Å². The van der Waals surface area contributed by atoms with Crippen molar-refractivity contribution in [1.82, 2.24) is 9.78 Å². The van der Waals surface area contributed by atoms with E-state index in [-0.39, 0.29) is 6.42 Å². The van der Waals surface area contributed by atoms with Crippen LogP contribution in [0.3, 0.4) is 0 Å². The molecule has 0 aliphatic rings. The predicted octanol–water partition coefficient (Wildman–Crippen LogP) is 3.12. The topological polar surface area (TPSA) is 55.1 Å². The molecule has 2 rings (SSSR count). The molecule has 20 heavy (non-hydrogen) atoms. The highest BCUT2D eigenvalue weighted by atomic mass is 16.4. The molecular formula is C16H20N2O2. The second-order valence-corrected chi connectivity index (χ2v) is 5.33. The van der Waals surface area contributed by atoms with Gasteiger partial charge < -0.3 is 5.11 Å². The van der Waals surface area contributed by atoms with Crippen molar-refractivity contribution in [2.75, 3.05) is 0 Å². The minimum Gasteiger partial charge on any atom is -0.481 e. The van der Waals surface area contributed by atoms with E-state index in [1.807, 2.05) is 17.7 Å². The first-order valence-electron chi connectivity index (χ1n) is 6.74. The van der Waals surface area contributed by atoms with Crippen molar-refractivity contribution in [3.05, 3.63) is 46.3 Å². The van der Waals surface area contributed by atoms with Gasteiger partial charge in [0, 0.05) is 12.1 Å². The maximum Gasteiger partial charge on any atom is 0.303 e. The van der Waals surface area contributed by atoms with Gasteiger partial charge >= 0.3 is 5.97 Å². The molecule has 0 fully saturated rings.